The van der Waals surface area contributed by atoms with E-state index in [0.717, 1.165) is 0 Å². The molecule has 0 bridgehead atoms. The standard InChI is InChI=1S/C37H58N3O18P3/c1-26(2)31(41)47-14-20-53-59(54-21-15-48-32(42)27(3)4)38-60(55-22-16-49-33(43)28(5)6,56-23-17-50-34(44)29(7)8)40-61(39-59,57-24-18-51-35(45)30(9)10)58-25-19-52-36(46)37(11,12)13/h1,3,5,7,9,14-25H2,2,4,6,8,10-13H3. The van der Waals surface area contributed by atoms with Gasteiger partial charge in [0.1, 0.15) is 39.6 Å². The van der Waals surface area contributed by atoms with Crippen molar-refractivity contribution in [3.8, 4) is 0 Å². The highest BCUT2D eigenvalue weighted by Gasteiger charge is 2.44. The van der Waals surface area contributed by atoms with E-state index in [9.17, 15) is 28.8 Å². The monoisotopic (exact) mass is 925 g/mol. The van der Waals surface area contributed by atoms with E-state index in [2.05, 4.69) is 46.4 Å². The van der Waals surface area contributed by atoms with Crippen LogP contribution in [0.15, 0.2) is 74.3 Å². The molecule has 61 heavy (non-hydrogen) atoms. The molecule has 1 aliphatic heterocycles. The van der Waals surface area contributed by atoms with Gasteiger partial charge in [-0.1, -0.05) is 32.9 Å². The predicted molar refractivity (Wildman–Crippen MR) is 223 cm³/mol. The smallest absolute Gasteiger partial charge is 0.349 e. The summed E-state index contributed by atoms with van der Waals surface area (Å²) in [5.41, 5.74) is -0.369. The van der Waals surface area contributed by atoms with Gasteiger partial charge in [-0.25, -0.2) is 24.0 Å². The highest BCUT2D eigenvalue weighted by Crippen LogP contribution is 2.80. The minimum Gasteiger partial charge on any atom is -0.463 e. The van der Waals surface area contributed by atoms with Crippen molar-refractivity contribution < 1.29 is 84.3 Å². The van der Waals surface area contributed by atoms with Crippen LogP contribution in [-0.2, 0) is 84.3 Å². The topological polar surface area (TPSA) is 250 Å². The van der Waals surface area contributed by atoms with Gasteiger partial charge in [0.25, 0.3) is 0 Å². The van der Waals surface area contributed by atoms with Crippen LogP contribution in [-0.4, -0.2) is 115 Å². The Balaban J connectivity index is 4.10. The Morgan fingerprint density at radius 3 is 0.705 bits per heavy atom. The summed E-state index contributed by atoms with van der Waals surface area (Å²) in [6.45, 7) is 25.1. The molecule has 1 unspecified atom stereocenters. The van der Waals surface area contributed by atoms with Crippen LogP contribution in [0.4, 0.5) is 0 Å². The first kappa shape index (κ1) is 55.0. The van der Waals surface area contributed by atoms with Crippen molar-refractivity contribution in [3.05, 3.63) is 60.8 Å². The third-order valence-electron chi connectivity index (χ3n) is 6.49. The van der Waals surface area contributed by atoms with E-state index in [-0.39, 0.29) is 67.5 Å². The molecule has 0 aromatic heterocycles. The lowest BCUT2D eigenvalue weighted by atomic mass is 9.97. The second-order valence-corrected chi connectivity index (χ2v) is 20.3. The molecule has 0 aromatic carbocycles. The summed E-state index contributed by atoms with van der Waals surface area (Å²) < 4.78 is 82.6. The molecule has 1 aliphatic rings. The van der Waals surface area contributed by atoms with E-state index in [1.807, 2.05) is 0 Å². The summed E-state index contributed by atoms with van der Waals surface area (Å²) in [7, 11) is -12.9. The summed E-state index contributed by atoms with van der Waals surface area (Å²) in [5, 5.41) is 0. The molecule has 1 rings (SSSR count). The van der Waals surface area contributed by atoms with Crippen molar-refractivity contribution in [2.75, 3.05) is 79.3 Å². The lowest BCUT2D eigenvalue weighted by molar-refractivity contribution is -0.153. The molecule has 1 atom stereocenters. The van der Waals surface area contributed by atoms with Crippen LogP contribution in [0.1, 0.15) is 55.4 Å². The van der Waals surface area contributed by atoms with Gasteiger partial charge >= 0.3 is 58.8 Å². The van der Waals surface area contributed by atoms with Crippen LogP contribution in [0.25, 0.3) is 0 Å². The lowest BCUT2D eigenvalue weighted by Gasteiger charge is -2.33. The summed E-state index contributed by atoms with van der Waals surface area (Å²) >= 11 is 0. The number of hydrogen-bond donors (Lipinski definition) is 0. The van der Waals surface area contributed by atoms with Crippen LogP contribution in [0.2, 0.25) is 0 Å². The molecule has 0 spiro atoms. The van der Waals surface area contributed by atoms with E-state index in [0.29, 0.717) is 0 Å². The Labute approximate surface area is 356 Å². The SMILES string of the molecule is C=C(C)C(=O)OCCOP1(OCCOC(=O)C(=C)C)=NP(OCCOC(=O)C(=C)C)(OCCOC(=O)C(=C)C)=NP(OCCOC(=O)C(=C)C)(OCCOC(=O)C(C)(C)C)=N1. The molecule has 1 heterocycles. The average Bonchev–Trinajstić information content (AvgIpc) is 3.17. The zero-order valence-electron chi connectivity index (χ0n) is 36.1. The van der Waals surface area contributed by atoms with E-state index in [1.54, 1.807) is 20.8 Å². The predicted octanol–water partition coefficient (Wildman–Crippen LogP) is 7.12. The van der Waals surface area contributed by atoms with Crippen molar-refractivity contribution >= 4 is 58.8 Å². The summed E-state index contributed by atoms with van der Waals surface area (Å²) in [5.74, 6) is -4.24. The van der Waals surface area contributed by atoms with Crippen LogP contribution in [0, 0.1) is 5.41 Å². The number of ether oxygens (including phenoxy) is 6. The van der Waals surface area contributed by atoms with E-state index in [4.69, 9.17) is 55.6 Å². The molecule has 21 nitrogen and oxygen atoms in total. The van der Waals surface area contributed by atoms with Crippen molar-refractivity contribution in [2.45, 2.75) is 55.4 Å². The first-order valence-electron chi connectivity index (χ1n) is 18.5. The van der Waals surface area contributed by atoms with Crippen LogP contribution < -0.4 is 0 Å². The van der Waals surface area contributed by atoms with Gasteiger partial charge < -0.3 is 55.6 Å². The van der Waals surface area contributed by atoms with Gasteiger partial charge in [-0.2, -0.15) is 0 Å². The van der Waals surface area contributed by atoms with Crippen molar-refractivity contribution in [1.29, 1.82) is 0 Å². The van der Waals surface area contributed by atoms with E-state index >= 15 is 0 Å². The number of nitrogens with zero attached hydrogens (tertiary/aromatic N) is 3. The van der Waals surface area contributed by atoms with Crippen molar-refractivity contribution in [1.82, 2.24) is 0 Å². The molecule has 0 fully saturated rings. The number of hydrogen-bond acceptors (Lipinski definition) is 21. The first-order valence-corrected chi connectivity index (χ1v) is 23.1. The highest BCUT2D eigenvalue weighted by atomic mass is 31.3. The van der Waals surface area contributed by atoms with E-state index < -0.39 is 104 Å². The zero-order valence-corrected chi connectivity index (χ0v) is 38.7. The molecule has 0 saturated heterocycles. The van der Waals surface area contributed by atoms with Gasteiger partial charge in [-0.3, -0.25) is 4.79 Å². The Morgan fingerprint density at radius 1 is 0.361 bits per heavy atom. The van der Waals surface area contributed by atoms with Gasteiger partial charge in [0.15, 0.2) is 0 Å². The van der Waals surface area contributed by atoms with Crippen molar-refractivity contribution in [3.63, 3.8) is 0 Å². The Hall–Kier alpha value is -4.03. The van der Waals surface area contributed by atoms with Crippen molar-refractivity contribution in [2.24, 2.45) is 19.0 Å². The normalized spacial score (nSPS) is 16.2. The Bertz CT molecular complexity index is 1720. The molecular formula is C37H58N3O18P3. The maximum atomic E-state index is 12.6. The number of rotatable bonds is 29. The largest absolute Gasteiger partial charge is 0.463 e. The summed E-state index contributed by atoms with van der Waals surface area (Å²) in [6, 6.07) is 0. The molecule has 344 valence electrons. The third-order valence-corrected chi connectivity index (χ3v) is 15.0. The lowest BCUT2D eigenvalue weighted by Crippen LogP contribution is -2.24. The number of carbonyl (C=O) groups excluding carboxylic acids is 6. The quantitative estimate of drug-likeness (QED) is 0.0238. The average molecular weight is 926 g/mol. The molecule has 0 radical (unpaired) electrons. The maximum Gasteiger partial charge on any atom is 0.349 e. The van der Waals surface area contributed by atoms with Gasteiger partial charge in [0.2, 0.25) is 0 Å². The van der Waals surface area contributed by atoms with Crippen LogP contribution in [0.3, 0.4) is 0 Å². The Kier molecular flexibility index (Phi) is 23.8. The molecule has 0 aliphatic carbocycles. The third kappa shape index (κ3) is 21.1. The number of esters is 6. The van der Waals surface area contributed by atoms with Gasteiger partial charge in [-0.15, -0.1) is 13.5 Å². The minimum atomic E-state index is -4.29. The fraction of sp³-hybridized carbons (Fsp3) is 0.568. The first-order chi connectivity index (χ1) is 28.4. The molecule has 0 aromatic rings. The highest BCUT2D eigenvalue weighted by molar-refractivity contribution is 7.78. The fourth-order valence-electron chi connectivity index (χ4n) is 3.48. The van der Waals surface area contributed by atoms with Crippen LogP contribution >= 0.6 is 23.0 Å². The summed E-state index contributed by atoms with van der Waals surface area (Å²) in [6.07, 6.45) is 0. The molecule has 0 saturated carbocycles. The maximum absolute atomic E-state index is 12.6. The van der Waals surface area contributed by atoms with Gasteiger partial charge in [0, 0.05) is 27.9 Å². The molecule has 24 heteroatoms. The van der Waals surface area contributed by atoms with E-state index in [1.165, 1.54) is 34.6 Å². The van der Waals surface area contributed by atoms with Gasteiger partial charge in [0.05, 0.1) is 45.1 Å². The number of carbonyl (C=O) groups is 6. The second kappa shape index (κ2) is 26.4. The zero-order chi connectivity index (χ0) is 46.4. The Morgan fingerprint density at radius 2 is 0.541 bits per heavy atom. The van der Waals surface area contributed by atoms with Gasteiger partial charge in [-0.05, 0) is 55.4 Å². The van der Waals surface area contributed by atoms with Crippen LogP contribution in [0.5, 0.6) is 0 Å². The second-order valence-electron chi connectivity index (χ2n) is 13.7. The fourth-order valence-corrected chi connectivity index (χ4v) is 12.9. The molecular weight excluding hydrogens is 867 g/mol. The molecule has 0 amide bonds. The summed E-state index contributed by atoms with van der Waals surface area (Å²) in [4.78, 5) is 73.8. The minimum absolute atomic E-state index is 0.101. The molecule has 0 N–H and O–H groups in total.